The average molecular weight is 366 g/mol. The molecule has 1 aromatic heterocycles. The van der Waals surface area contributed by atoms with Crippen molar-refractivity contribution >= 4 is 39.8 Å². The molecule has 2 aliphatic rings. The van der Waals surface area contributed by atoms with Crippen LogP contribution in [-0.2, 0) is 4.79 Å². The highest BCUT2D eigenvalue weighted by Gasteiger charge is 2.35. The predicted molar refractivity (Wildman–Crippen MR) is 100 cm³/mol. The Kier molecular flexibility index (Phi) is 4.18. The van der Waals surface area contributed by atoms with Gasteiger partial charge < -0.3 is 9.15 Å². The standard InChI is InChI=1S/C18H14N4O3S/c1-11-5-2-3-7-14(11)25-10-15-21-22-16(19)13(9-12-6-4-8-24-12)17(23)20-18(22)26-15/h2-9,19H,10H2,1H3/b13-9-,19-16?. The highest BCUT2D eigenvalue weighted by Crippen LogP contribution is 2.29. The number of ether oxygens (including phenoxy) is 1. The molecule has 0 saturated heterocycles. The molecule has 0 saturated carbocycles. The number of nitrogens with one attached hydrogen (secondary N) is 1. The Morgan fingerprint density at radius 1 is 1.31 bits per heavy atom. The van der Waals surface area contributed by atoms with Crippen LogP contribution in [0.2, 0.25) is 0 Å². The molecule has 0 radical (unpaired) electrons. The molecule has 130 valence electrons. The van der Waals surface area contributed by atoms with Gasteiger partial charge in [0.15, 0.2) is 5.84 Å². The summed E-state index contributed by atoms with van der Waals surface area (Å²) in [6, 6.07) is 11.1. The van der Waals surface area contributed by atoms with Crippen molar-refractivity contribution in [3.8, 4) is 5.75 Å². The number of hydrogen-bond donors (Lipinski definition) is 1. The number of carbonyl (C=O) groups excluding carboxylic acids is 1. The first-order chi connectivity index (χ1) is 12.6. The maximum absolute atomic E-state index is 12.2. The van der Waals surface area contributed by atoms with Crippen molar-refractivity contribution in [1.82, 2.24) is 5.01 Å². The lowest BCUT2D eigenvalue weighted by Crippen LogP contribution is -2.35. The predicted octanol–water partition coefficient (Wildman–Crippen LogP) is 3.29. The monoisotopic (exact) mass is 366 g/mol. The molecule has 2 aromatic rings. The Morgan fingerprint density at radius 3 is 2.92 bits per heavy atom. The van der Waals surface area contributed by atoms with E-state index in [9.17, 15) is 4.79 Å². The minimum absolute atomic E-state index is 0.0326. The second-order valence-corrected chi connectivity index (χ2v) is 6.62. The lowest BCUT2D eigenvalue weighted by Gasteiger charge is -2.19. The number of furan rings is 1. The van der Waals surface area contributed by atoms with Gasteiger partial charge in [-0.15, -0.1) is 0 Å². The van der Waals surface area contributed by atoms with Crippen molar-refractivity contribution < 1.29 is 13.9 Å². The molecule has 1 N–H and O–H groups in total. The summed E-state index contributed by atoms with van der Waals surface area (Å²) in [5.41, 5.74) is 1.16. The van der Waals surface area contributed by atoms with Gasteiger partial charge in [-0.05, 0) is 48.5 Å². The van der Waals surface area contributed by atoms with Gasteiger partial charge in [-0.3, -0.25) is 10.2 Å². The number of aryl methyl sites for hydroxylation is 1. The van der Waals surface area contributed by atoms with Crippen LogP contribution in [0.25, 0.3) is 6.08 Å². The molecular weight excluding hydrogens is 352 g/mol. The molecule has 0 unspecified atom stereocenters. The highest BCUT2D eigenvalue weighted by atomic mass is 32.2. The van der Waals surface area contributed by atoms with Gasteiger partial charge in [0, 0.05) is 0 Å². The van der Waals surface area contributed by atoms with Gasteiger partial charge in [0.05, 0.1) is 11.8 Å². The van der Waals surface area contributed by atoms with E-state index >= 15 is 0 Å². The molecule has 26 heavy (non-hydrogen) atoms. The van der Waals surface area contributed by atoms with Crippen LogP contribution >= 0.6 is 11.8 Å². The van der Waals surface area contributed by atoms with Crippen molar-refractivity contribution in [2.75, 3.05) is 6.61 Å². The molecule has 1 amide bonds. The van der Waals surface area contributed by atoms with Crippen molar-refractivity contribution in [1.29, 1.82) is 5.41 Å². The number of fused-ring (bicyclic) bond motifs is 1. The van der Waals surface area contributed by atoms with Gasteiger partial charge in [-0.1, -0.05) is 18.2 Å². The molecule has 0 spiro atoms. The average Bonchev–Trinajstić information content (AvgIpc) is 3.27. The van der Waals surface area contributed by atoms with Crippen LogP contribution in [-0.4, -0.2) is 33.6 Å². The van der Waals surface area contributed by atoms with E-state index in [4.69, 9.17) is 14.6 Å². The van der Waals surface area contributed by atoms with Crippen LogP contribution in [0.1, 0.15) is 11.3 Å². The first kappa shape index (κ1) is 16.3. The molecule has 0 atom stereocenters. The third-order valence-corrected chi connectivity index (χ3v) is 4.65. The van der Waals surface area contributed by atoms with E-state index in [-0.39, 0.29) is 18.0 Å². The molecule has 3 heterocycles. The molecule has 8 heteroatoms. The zero-order valence-corrected chi connectivity index (χ0v) is 14.6. The Hall–Kier alpha value is -3.13. The summed E-state index contributed by atoms with van der Waals surface area (Å²) in [6.45, 7) is 2.20. The van der Waals surface area contributed by atoms with E-state index < -0.39 is 5.91 Å². The van der Waals surface area contributed by atoms with E-state index in [0.717, 1.165) is 11.3 Å². The highest BCUT2D eigenvalue weighted by molar-refractivity contribution is 8.27. The van der Waals surface area contributed by atoms with E-state index in [0.29, 0.717) is 16.0 Å². The van der Waals surface area contributed by atoms with Crippen LogP contribution in [0, 0.1) is 12.3 Å². The summed E-state index contributed by atoms with van der Waals surface area (Å²) in [7, 11) is 0. The molecule has 1 aromatic carbocycles. The number of aliphatic imine (C=N–C) groups is 1. The quantitative estimate of drug-likeness (QED) is 0.839. The first-order valence-electron chi connectivity index (χ1n) is 7.83. The molecule has 0 bridgehead atoms. The Bertz CT molecular complexity index is 976. The number of nitrogens with zero attached hydrogens (tertiary/aromatic N) is 3. The zero-order chi connectivity index (χ0) is 18.1. The van der Waals surface area contributed by atoms with Gasteiger partial charge >= 0.3 is 0 Å². The van der Waals surface area contributed by atoms with Crippen LogP contribution in [0.15, 0.2) is 62.7 Å². The fourth-order valence-electron chi connectivity index (χ4n) is 2.46. The van der Waals surface area contributed by atoms with Crippen LogP contribution in [0.3, 0.4) is 0 Å². The van der Waals surface area contributed by atoms with Crippen molar-refractivity contribution in [3.05, 3.63) is 59.6 Å². The summed E-state index contributed by atoms with van der Waals surface area (Å²) >= 11 is 1.23. The smallest absolute Gasteiger partial charge is 0.283 e. The molecular formula is C18H14N4O3S. The summed E-state index contributed by atoms with van der Waals surface area (Å²) in [4.78, 5) is 16.3. The maximum Gasteiger partial charge on any atom is 0.283 e. The minimum atomic E-state index is -0.485. The number of rotatable bonds is 4. The van der Waals surface area contributed by atoms with E-state index in [1.54, 1.807) is 12.1 Å². The van der Waals surface area contributed by atoms with Gasteiger partial charge in [0.1, 0.15) is 23.2 Å². The largest absolute Gasteiger partial charge is 0.486 e. The molecule has 2 aliphatic heterocycles. The van der Waals surface area contributed by atoms with Crippen molar-refractivity contribution in [3.63, 3.8) is 0 Å². The van der Waals surface area contributed by atoms with Gasteiger partial charge in [0.25, 0.3) is 5.91 Å². The Labute approximate surface area is 153 Å². The number of amidine groups is 2. The lowest BCUT2D eigenvalue weighted by atomic mass is 10.1. The minimum Gasteiger partial charge on any atom is -0.486 e. The second kappa shape index (κ2) is 6.64. The Morgan fingerprint density at radius 2 is 2.15 bits per heavy atom. The number of carbonyl (C=O) groups is 1. The number of hydrazone groups is 1. The number of para-hydroxylation sites is 1. The molecule has 4 rings (SSSR count). The van der Waals surface area contributed by atoms with Crippen LogP contribution < -0.4 is 4.74 Å². The summed E-state index contributed by atoms with van der Waals surface area (Å²) < 4.78 is 11.0. The van der Waals surface area contributed by atoms with E-state index in [2.05, 4.69) is 10.1 Å². The summed E-state index contributed by atoms with van der Waals surface area (Å²) in [5.74, 6) is 0.735. The second-order valence-electron chi connectivity index (χ2n) is 5.58. The first-order valence-corrected chi connectivity index (χ1v) is 8.64. The number of amides is 1. The third-order valence-electron chi connectivity index (χ3n) is 3.77. The fourth-order valence-corrected chi connectivity index (χ4v) is 3.26. The topological polar surface area (TPSA) is 91.2 Å². The van der Waals surface area contributed by atoms with Crippen molar-refractivity contribution in [2.24, 2.45) is 10.1 Å². The maximum atomic E-state index is 12.2. The van der Waals surface area contributed by atoms with Gasteiger partial charge in [-0.2, -0.15) is 15.1 Å². The van der Waals surface area contributed by atoms with Gasteiger partial charge in [-0.25, -0.2) is 0 Å². The van der Waals surface area contributed by atoms with Crippen LogP contribution in [0.5, 0.6) is 5.75 Å². The summed E-state index contributed by atoms with van der Waals surface area (Å²) in [5, 5.41) is 15.0. The molecule has 7 nitrogen and oxygen atoms in total. The van der Waals surface area contributed by atoms with Crippen molar-refractivity contribution in [2.45, 2.75) is 6.92 Å². The summed E-state index contributed by atoms with van der Waals surface area (Å²) in [6.07, 6.45) is 3.00. The number of benzene rings is 1. The molecule has 0 aliphatic carbocycles. The lowest BCUT2D eigenvalue weighted by molar-refractivity contribution is -0.114. The normalized spacial score (nSPS) is 18.0. The Balaban J connectivity index is 1.53. The fraction of sp³-hybridized carbons (Fsp3) is 0.111. The molecule has 0 fully saturated rings. The zero-order valence-electron chi connectivity index (χ0n) is 13.8. The SMILES string of the molecule is Cc1ccccc1OCC1=NN2C(=N)/C(=C/c3ccco3)C(=O)N=C2S1. The number of hydrogen-bond acceptors (Lipinski definition) is 6. The van der Waals surface area contributed by atoms with E-state index in [1.165, 1.54) is 29.1 Å². The van der Waals surface area contributed by atoms with E-state index in [1.807, 2.05) is 31.2 Å². The third kappa shape index (κ3) is 3.06. The van der Waals surface area contributed by atoms with Crippen LogP contribution in [0.4, 0.5) is 0 Å². The van der Waals surface area contributed by atoms with Gasteiger partial charge in [0.2, 0.25) is 5.17 Å². The number of thioether (sulfide) groups is 1.